The van der Waals surface area contributed by atoms with Crippen molar-refractivity contribution >= 4 is 22.9 Å². The molecule has 5 saturated heterocycles. The van der Waals surface area contributed by atoms with Crippen molar-refractivity contribution in [2.75, 3.05) is 32.8 Å². The molecular weight excluding hydrogens is 915 g/mol. The summed E-state index contributed by atoms with van der Waals surface area (Å²) in [6, 6.07) is 34.5. The average Bonchev–Trinajstić information content (AvgIpc) is 4.21. The number of ether oxygens (including phenoxy) is 12. The Kier molecular flexibility index (Phi) is 12.1. The van der Waals surface area contributed by atoms with E-state index in [-0.39, 0.29) is 36.2 Å². The van der Waals surface area contributed by atoms with Gasteiger partial charge in [0.2, 0.25) is 6.29 Å². The number of nitrogens with one attached hydrogen (secondary N) is 1. The second-order valence-corrected chi connectivity index (χ2v) is 19.4. The third-order valence-corrected chi connectivity index (χ3v) is 13.4. The molecule has 11 rings (SSSR count). The first-order chi connectivity index (χ1) is 34.1. The van der Waals surface area contributed by atoms with E-state index >= 15 is 0 Å². The SMILES string of the molecule is COc1ccc(C(OC[C@H]2O[C@@H](n3c(O[C@H]4O[C@H]([C@@H]5COC(C)(C)O5)[C@@H]5OC(C)(C)O[C@H]45)nc4c(NC(=O)c5ccccc5)ncnc43)[C@@H]3OC(C)(C)O[C@@H]32)(c2ccccc2)c2ccc(OC)cc2)cc1. The molecule has 1 amide bonds. The summed E-state index contributed by atoms with van der Waals surface area (Å²) in [5.41, 5.74) is 2.30. The molecule has 5 aliphatic rings. The molecule has 1 N–H and O–H groups in total. The molecule has 0 spiro atoms. The smallest absolute Gasteiger partial charge is 0.303 e. The molecule has 7 heterocycles. The largest absolute Gasteiger partial charge is 0.497 e. The van der Waals surface area contributed by atoms with Gasteiger partial charge in [-0.3, -0.25) is 4.79 Å². The molecule has 6 aromatic rings. The number of nitrogens with zero attached hydrogens (tertiary/aromatic N) is 4. The van der Waals surface area contributed by atoms with E-state index in [1.807, 2.05) is 126 Å². The number of methoxy groups -OCH3 is 2. The number of hydrogen-bond acceptors (Lipinski definition) is 16. The molecule has 5 fully saturated rings. The Hall–Kier alpha value is -6.06. The molecule has 0 unspecified atom stereocenters. The number of aromatic nitrogens is 4. The van der Waals surface area contributed by atoms with Gasteiger partial charge in [-0.2, -0.15) is 4.98 Å². The van der Waals surface area contributed by atoms with Gasteiger partial charge in [0.25, 0.3) is 5.91 Å². The number of carbonyl (C=O) groups excluding carboxylic acids is 1. The molecule has 0 radical (unpaired) electrons. The predicted octanol–water partition coefficient (Wildman–Crippen LogP) is 7.30. The number of amides is 1. The highest BCUT2D eigenvalue weighted by Crippen LogP contribution is 2.49. The third kappa shape index (κ3) is 8.80. The summed E-state index contributed by atoms with van der Waals surface area (Å²) in [4.78, 5) is 27.9. The fourth-order valence-electron chi connectivity index (χ4n) is 10.3. The first-order valence-corrected chi connectivity index (χ1v) is 23.7. The van der Waals surface area contributed by atoms with Crippen LogP contribution in [0.4, 0.5) is 5.82 Å². The molecule has 71 heavy (non-hydrogen) atoms. The minimum atomic E-state index is -1.17. The molecule has 0 aliphatic carbocycles. The van der Waals surface area contributed by atoms with Crippen molar-refractivity contribution < 1.29 is 61.6 Å². The van der Waals surface area contributed by atoms with Crippen molar-refractivity contribution in [3.8, 4) is 17.5 Å². The van der Waals surface area contributed by atoms with Crippen molar-refractivity contribution in [2.24, 2.45) is 0 Å². The number of imidazole rings is 1. The standard InChI is InChI=1S/C53H57N5O13/c1-50(2)62-28-37(67-50)39-41-43(71-52(5,6)69-41)48(65-39)66-49-56-38-44(57-46(59)30-15-11-9-12-16-30)54-29-55-45(38)58(49)47-42-40(68-51(3,4)70-42)36(64-47)27-63-53(31-17-13-10-14-18-31,32-19-23-34(60-7)24-20-32)33-21-25-35(61-8)26-22-33/h9-26,29,36-37,39-43,47-48H,27-28H2,1-8H3,(H,54,55,57,59)/t36-,37+,39-,40-,41+,42-,43+,47-,48-/m1/s1. The molecule has 0 bridgehead atoms. The minimum absolute atomic E-state index is 0.0114. The minimum Gasteiger partial charge on any atom is -0.497 e. The Bertz CT molecular complexity index is 2820. The summed E-state index contributed by atoms with van der Waals surface area (Å²) in [7, 11) is 3.27. The van der Waals surface area contributed by atoms with E-state index in [0.717, 1.165) is 16.7 Å². The Morgan fingerprint density at radius 1 is 0.676 bits per heavy atom. The lowest BCUT2D eigenvalue weighted by atomic mass is 9.80. The molecule has 0 saturated carbocycles. The molecule has 5 aliphatic heterocycles. The predicted molar refractivity (Wildman–Crippen MR) is 254 cm³/mol. The highest BCUT2D eigenvalue weighted by Gasteiger charge is 2.62. The maximum absolute atomic E-state index is 13.7. The van der Waals surface area contributed by atoms with Crippen molar-refractivity contribution in [1.82, 2.24) is 19.5 Å². The summed E-state index contributed by atoms with van der Waals surface area (Å²) < 4.78 is 79.6. The summed E-state index contributed by atoms with van der Waals surface area (Å²) >= 11 is 0. The summed E-state index contributed by atoms with van der Waals surface area (Å²) in [6.07, 6.45) is -5.32. The van der Waals surface area contributed by atoms with E-state index < -0.39 is 84.1 Å². The van der Waals surface area contributed by atoms with Crippen LogP contribution in [-0.2, 0) is 48.2 Å². The zero-order valence-corrected chi connectivity index (χ0v) is 40.7. The van der Waals surface area contributed by atoms with E-state index in [1.54, 1.807) is 43.1 Å². The van der Waals surface area contributed by atoms with E-state index in [4.69, 9.17) is 66.8 Å². The van der Waals surface area contributed by atoms with Crippen molar-refractivity contribution in [3.05, 3.63) is 138 Å². The van der Waals surface area contributed by atoms with Crippen LogP contribution in [0.15, 0.2) is 116 Å². The summed E-state index contributed by atoms with van der Waals surface area (Å²) in [5.74, 6) is -1.72. The molecule has 2 aromatic heterocycles. The molecular formula is C53H57N5O13. The average molecular weight is 972 g/mol. The Balaban J connectivity index is 0.994. The zero-order valence-electron chi connectivity index (χ0n) is 40.7. The van der Waals surface area contributed by atoms with E-state index in [0.29, 0.717) is 17.1 Å². The van der Waals surface area contributed by atoms with Crippen LogP contribution in [-0.4, -0.2) is 119 Å². The van der Waals surface area contributed by atoms with Gasteiger partial charge in [-0.05, 0) is 94.6 Å². The monoisotopic (exact) mass is 971 g/mol. The van der Waals surface area contributed by atoms with Crippen LogP contribution in [0, 0.1) is 0 Å². The number of benzene rings is 4. The number of fused-ring (bicyclic) bond motifs is 3. The van der Waals surface area contributed by atoms with Crippen LogP contribution in [0.3, 0.4) is 0 Å². The highest BCUT2D eigenvalue weighted by molar-refractivity contribution is 6.06. The maximum atomic E-state index is 13.7. The number of anilines is 1. The van der Waals surface area contributed by atoms with Gasteiger partial charge in [-0.25, -0.2) is 14.5 Å². The Morgan fingerprint density at radius 2 is 1.27 bits per heavy atom. The molecule has 9 atom stereocenters. The van der Waals surface area contributed by atoms with Crippen LogP contribution >= 0.6 is 0 Å². The normalized spacial score (nSPS) is 28.1. The number of hydrogen-bond donors (Lipinski definition) is 1. The zero-order chi connectivity index (χ0) is 49.3. The van der Waals surface area contributed by atoms with E-state index in [1.165, 1.54) is 6.33 Å². The van der Waals surface area contributed by atoms with Gasteiger partial charge in [0.05, 0.1) is 27.4 Å². The van der Waals surface area contributed by atoms with Gasteiger partial charge in [-0.15, -0.1) is 0 Å². The van der Waals surface area contributed by atoms with E-state index in [9.17, 15) is 4.79 Å². The van der Waals surface area contributed by atoms with Gasteiger partial charge < -0.3 is 62.2 Å². The van der Waals surface area contributed by atoms with Crippen molar-refractivity contribution in [1.29, 1.82) is 0 Å². The first-order valence-electron chi connectivity index (χ1n) is 23.7. The summed E-state index contributed by atoms with van der Waals surface area (Å²) in [6.45, 7) is 11.4. The van der Waals surface area contributed by atoms with Crippen molar-refractivity contribution in [2.45, 2.75) is 120 Å². The maximum Gasteiger partial charge on any atom is 0.303 e. The molecule has 4 aromatic carbocycles. The lowest BCUT2D eigenvalue weighted by Gasteiger charge is -2.37. The van der Waals surface area contributed by atoms with Gasteiger partial charge in [0.1, 0.15) is 60.1 Å². The molecule has 18 nitrogen and oxygen atoms in total. The van der Waals surface area contributed by atoms with Crippen LogP contribution in [0.1, 0.15) is 74.8 Å². The number of carbonyl (C=O) groups is 1. The number of rotatable bonds is 14. The first kappa shape index (κ1) is 47.3. The molecule has 18 heteroatoms. The van der Waals surface area contributed by atoms with Gasteiger partial charge in [0.15, 0.2) is 46.7 Å². The van der Waals surface area contributed by atoms with Gasteiger partial charge in [0, 0.05) is 5.56 Å². The fraction of sp³-hybridized carbons (Fsp3) is 0.434. The second kappa shape index (κ2) is 18.2. The topological polar surface area (TPSA) is 183 Å². The fourth-order valence-corrected chi connectivity index (χ4v) is 10.3. The highest BCUT2D eigenvalue weighted by atomic mass is 16.8. The van der Waals surface area contributed by atoms with Crippen molar-refractivity contribution in [3.63, 3.8) is 0 Å². The summed E-state index contributed by atoms with van der Waals surface area (Å²) in [5, 5.41) is 2.93. The Morgan fingerprint density at radius 3 is 1.89 bits per heavy atom. The lowest BCUT2D eigenvalue weighted by molar-refractivity contribution is -0.232. The van der Waals surface area contributed by atoms with Gasteiger partial charge >= 0.3 is 6.01 Å². The van der Waals surface area contributed by atoms with Crippen LogP contribution in [0.2, 0.25) is 0 Å². The van der Waals surface area contributed by atoms with Crippen LogP contribution in [0.25, 0.3) is 11.2 Å². The van der Waals surface area contributed by atoms with Gasteiger partial charge in [-0.1, -0.05) is 72.8 Å². The van der Waals surface area contributed by atoms with Crippen LogP contribution in [0.5, 0.6) is 17.5 Å². The Labute approximate surface area is 410 Å². The second-order valence-electron chi connectivity index (χ2n) is 19.4. The third-order valence-electron chi connectivity index (χ3n) is 13.4. The lowest BCUT2D eigenvalue weighted by Crippen LogP contribution is -2.40. The quantitative estimate of drug-likeness (QED) is 0.107. The molecule has 372 valence electrons. The van der Waals surface area contributed by atoms with Crippen LogP contribution < -0.4 is 19.5 Å². The van der Waals surface area contributed by atoms with E-state index in [2.05, 4.69) is 10.3 Å².